The van der Waals surface area contributed by atoms with E-state index < -0.39 is 40.2 Å². The highest BCUT2D eigenvalue weighted by molar-refractivity contribution is 7.92. The van der Waals surface area contributed by atoms with Crippen LogP contribution in [0.4, 0.5) is 10.1 Å². The molecule has 1 atom stereocenters. The Labute approximate surface area is 225 Å². The van der Waals surface area contributed by atoms with Gasteiger partial charge in [0.1, 0.15) is 18.4 Å². The van der Waals surface area contributed by atoms with Crippen LogP contribution in [-0.4, -0.2) is 44.8 Å². The largest absolute Gasteiger partial charge is 0.357 e. The Morgan fingerprint density at radius 3 is 2.24 bits per heavy atom. The molecule has 3 rings (SSSR count). The van der Waals surface area contributed by atoms with Crippen molar-refractivity contribution in [2.45, 2.75) is 31.3 Å². The standard InChI is InChI=1S/C26H26Cl2FN3O4S/c1-17-8-11-20(12-9-17)37(35,36)32(24-7-5-4-6-23(24)29)16-25(33)31(18(2)26(34)30-3)15-19-10-13-21(27)22(28)14-19/h4-14,18H,15-16H2,1-3H3,(H,30,34)/t18-/m1/s1. The summed E-state index contributed by atoms with van der Waals surface area (Å²) in [4.78, 5) is 27.2. The van der Waals surface area contributed by atoms with Crippen LogP contribution in [0.5, 0.6) is 0 Å². The fourth-order valence-electron chi connectivity index (χ4n) is 3.63. The number of halogens is 3. The molecule has 0 saturated heterocycles. The molecule has 0 fully saturated rings. The van der Waals surface area contributed by atoms with Crippen LogP contribution >= 0.6 is 23.2 Å². The smallest absolute Gasteiger partial charge is 0.264 e. The second-order valence-electron chi connectivity index (χ2n) is 8.34. The number of benzene rings is 3. The number of hydrogen-bond donors (Lipinski definition) is 1. The van der Waals surface area contributed by atoms with Gasteiger partial charge in [0.15, 0.2) is 0 Å². The summed E-state index contributed by atoms with van der Waals surface area (Å²) in [6.45, 7) is 2.49. The Kier molecular flexibility index (Phi) is 9.17. The lowest BCUT2D eigenvalue weighted by molar-refractivity contribution is -0.139. The molecular weight excluding hydrogens is 540 g/mol. The van der Waals surface area contributed by atoms with E-state index in [0.717, 1.165) is 11.6 Å². The molecule has 0 aliphatic carbocycles. The summed E-state index contributed by atoms with van der Waals surface area (Å²) in [6, 6.07) is 15.1. The van der Waals surface area contributed by atoms with Gasteiger partial charge in [-0.15, -0.1) is 0 Å². The maximum absolute atomic E-state index is 14.8. The first-order valence-electron chi connectivity index (χ1n) is 11.2. The lowest BCUT2D eigenvalue weighted by Crippen LogP contribution is -2.50. The molecule has 0 saturated carbocycles. The van der Waals surface area contributed by atoms with Crippen molar-refractivity contribution in [2.24, 2.45) is 0 Å². The average Bonchev–Trinajstić information content (AvgIpc) is 2.87. The first kappa shape index (κ1) is 28.4. The zero-order chi connectivity index (χ0) is 27.3. The van der Waals surface area contributed by atoms with Crippen molar-refractivity contribution in [3.05, 3.63) is 93.7 Å². The van der Waals surface area contributed by atoms with Gasteiger partial charge in [-0.1, -0.05) is 59.1 Å². The second-order valence-corrected chi connectivity index (χ2v) is 11.0. The van der Waals surface area contributed by atoms with Crippen LogP contribution < -0.4 is 9.62 Å². The number of anilines is 1. The van der Waals surface area contributed by atoms with Gasteiger partial charge in [0.05, 0.1) is 20.6 Å². The number of aryl methyl sites for hydroxylation is 1. The van der Waals surface area contributed by atoms with E-state index in [-0.39, 0.29) is 22.2 Å². The number of hydrogen-bond acceptors (Lipinski definition) is 4. The Balaban J connectivity index is 2.05. The minimum absolute atomic E-state index is 0.0694. The van der Waals surface area contributed by atoms with Gasteiger partial charge < -0.3 is 10.2 Å². The minimum Gasteiger partial charge on any atom is -0.357 e. The van der Waals surface area contributed by atoms with Gasteiger partial charge >= 0.3 is 0 Å². The molecule has 37 heavy (non-hydrogen) atoms. The molecule has 11 heteroatoms. The van der Waals surface area contributed by atoms with E-state index in [2.05, 4.69) is 5.32 Å². The first-order chi connectivity index (χ1) is 17.4. The number of likely N-dealkylation sites (N-methyl/N-ethyl adjacent to an activating group) is 1. The Hall–Kier alpha value is -3.14. The number of sulfonamides is 1. The van der Waals surface area contributed by atoms with Gasteiger partial charge in [0, 0.05) is 13.6 Å². The molecule has 1 N–H and O–H groups in total. The van der Waals surface area contributed by atoms with Gasteiger partial charge in [-0.2, -0.15) is 0 Å². The molecule has 0 radical (unpaired) electrons. The third-order valence-corrected chi connectivity index (χ3v) is 8.27. The normalized spacial score (nSPS) is 12.1. The number of nitrogens with one attached hydrogen (secondary N) is 1. The van der Waals surface area contributed by atoms with Crippen LogP contribution in [-0.2, 0) is 26.2 Å². The zero-order valence-electron chi connectivity index (χ0n) is 20.4. The van der Waals surface area contributed by atoms with Crippen molar-refractivity contribution in [3.8, 4) is 0 Å². The molecule has 0 unspecified atom stereocenters. The monoisotopic (exact) mass is 565 g/mol. The summed E-state index contributed by atoms with van der Waals surface area (Å²) in [5, 5.41) is 3.07. The van der Waals surface area contributed by atoms with Gasteiger partial charge in [-0.05, 0) is 55.8 Å². The number of rotatable bonds is 9. The highest BCUT2D eigenvalue weighted by atomic mass is 35.5. The quantitative estimate of drug-likeness (QED) is 0.403. The number of nitrogens with zero attached hydrogens (tertiary/aromatic N) is 2. The first-order valence-corrected chi connectivity index (χ1v) is 13.4. The summed E-state index contributed by atoms with van der Waals surface area (Å²) in [6.07, 6.45) is 0. The maximum Gasteiger partial charge on any atom is 0.264 e. The van der Waals surface area contributed by atoms with Gasteiger partial charge in [0.25, 0.3) is 10.0 Å². The lowest BCUT2D eigenvalue weighted by atomic mass is 10.1. The highest BCUT2D eigenvalue weighted by Gasteiger charge is 2.33. The van der Waals surface area contributed by atoms with Crippen LogP contribution in [0.3, 0.4) is 0 Å². The average molecular weight is 566 g/mol. The van der Waals surface area contributed by atoms with Crippen molar-refractivity contribution in [1.82, 2.24) is 10.2 Å². The molecule has 0 aromatic heterocycles. The van der Waals surface area contributed by atoms with E-state index in [1.807, 2.05) is 0 Å². The molecule has 2 amide bonds. The van der Waals surface area contributed by atoms with E-state index >= 15 is 0 Å². The molecule has 3 aromatic carbocycles. The van der Waals surface area contributed by atoms with Crippen molar-refractivity contribution in [3.63, 3.8) is 0 Å². The predicted octanol–water partition coefficient (Wildman–Crippen LogP) is 4.80. The van der Waals surface area contributed by atoms with Crippen LogP contribution in [0.1, 0.15) is 18.1 Å². The zero-order valence-corrected chi connectivity index (χ0v) is 22.7. The minimum atomic E-state index is -4.35. The van der Waals surface area contributed by atoms with Gasteiger partial charge in [-0.25, -0.2) is 12.8 Å². The van der Waals surface area contributed by atoms with Crippen LogP contribution in [0.25, 0.3) is 0 Å². The fourth-order valence-corrected chi connectivity index (χ4v) is 5.37. The number of carbonyl (C=O) groups is 2. The fraction of sp³-hybridized carbons (Fsp3) is 0.231. The molecule has 0 spiro atoms. The third-order valence-electron chi connectivity index (χ3n) is 5.76. The summed E-state index contributed by atoms with van der Waals surface area (Å²) in [7, 11) is -2.93. The van der Waals surface area contributed by atoms with Crippen LogP contribution in [0, 0.1) is 12.7 Å². The Morgan fingerprint density at radius 2 is 1.65 bits per heavy atom. The van der Waals surface area contributed by atoms with Crippen LogP contribution in [0.2, 0.25) is 10.0 Å². The Morgan fingerprint density at radius 1 is 1.00 bits per heavy atom. The SMILES string of the molecule is CNC(=O)[C@@H](C)N(Cc1ccc(Cl)c(Cl)c1)C(=O)CN(c1ccccc1F)S(=O)(=O)c1ccc(C)cc1. The third kappa shape index (κ3) is 6.60. The lowest BCUT2D eigenvalue weighted by Gasteiger charge is -2.32. The number of amides is 2. The summed E-state index contributed by atoms with van der Waals surface area (Å²) in [5.41, 5.74) is 1.11. The van der Waals surface area contributed by atoms with E-state index in [1.165, 1.54) is 49.2 Å². The molecule has 0 bridgehead atoms. The summed E-state index contributed by atoms with van der Waals surface area (Å²) in [5.74, 6) is -2.00. The molecular formula is C26H26Cl2FN3O4S. The van der Waals surface area contributed by atoms with Crippen LogP contribution in [0.15, 0.2) is 71.6 Å². The topological polar surface area (TPSA) is 86.8 Å². The Bertz CT molecular complexity index is 1400. The van der Waals surface area contributed by atoms with Crippen molar-refractivity contribution < 1.29 is 22.4 Å². The van der Waals surface area contributed by atoms with Crippen molar-refractivity contribution in [2.75, 3.05) is 17.9 Å². The van der Waals surface area contributed by atoms with Crippen molar-refractivity contribution >= 4 is 50.7 Å². The molecule has 0 aliphatic rings. The molecule has 7 nitrogen and oxygen atoms in total. The van der Waals surface area contributed by atoms with E-state index in [9.17, 15) is 22.4 Å². The molecule has 0 heterocycles. The second kappa shape index (κ2) is 11.9. The van der Waals surface area contributed by atoms with Gasteiger partial charge in [-0.3, -0.25) is 13.9 Å². The molecule has 196 valence electrons. The number of carbonyl (C=O) groups excluding carboxylic acids is 2. The maximum atomic E-state index is 14.8. The molecule has 3 aromatic rings. The molecule has 0 aliphatic heterocycles. The number of para-hydroxylation sites is 1. The van der Waals surface area contributed by atoms with E-state index in [4.69, 9.17) is 23.2 Å². The highest BCUT2D eigenvalue weighted by Crippen LogP contribution is 2.28. The predicted molar refractivity (Wildman–Crippen MR) is 143 cm³/mol. The summed E-state index contributed by atoms with van der Waals surface area (Å²) < 4.78 is 42.8. The van der Waals surface area contributed by atoms with E-state index in [1.54, 1.807) is 37.3 Å². The van der Waals surface area contributed by atoms with E-state index in [0.29, 0.717) is 14.9 Å². The van der Waals surface area contributed by atoms with Gasteiger partial charge in [0.2, 0.25) is 11.8 Å². The van der Waals surface area contributed by atoms with Crippen molar-refractivity contribution in [1.29, 1.82) is 0 Å². The summed E-state index contributed by atoms with van der Waals surface area (Å²) >= 11 is 12.1.